The third-order valence-corrected chi connectivity index (χ3v) is 4.21. The van der Waals surface area contributed by atoms with Crippen molar-refractivity contribution in [3.05, 3.63) is 23.4 Å². The molecular weight excluding hydrogens is 264 g/mol. The number of pyridine rings is 1. The van der Waals surface area contributed by atoms with Crippen LogP contribution in [0.3, 0.4) is 0 Å². The van der Waals surface area contributed by atoms with Gasteiger partial charge in [-0.1, -0.05) is 6.92 Å². The lowest BCUT2D eigenvalue weighted by atomic mass is 9.93. The Balaban J connectivity index is 2.02. The molecule has 5 heteroatoms. The van der Waals surface area contributed by atoms with Gasteiger partial charge in [-0.25, -0.2) is 9.78 Å². The molecule has 1 N–H and O–H groups in total. The van der Waals surface area contributed by atoms with E-state index in [1.54, 1.807) is 0 Å². The normalized spacial score (nSPS) is 22.9. The van der Waals surface area contributed by atoms with Crippen LogP contribution in [0.2, 0.25) is 0 Å². The molecule has 0 aromatic carbocycles. The average molecular weight is 290 g/mol. The summed E-state index contributed by atoms with van der Waals surface area (Å²) in [5.41, 5.74) is 2.02. The van der Waals surface area contributed by atoms with Gasteiger partial charge in [-0.05, 0) is 57.5 Å². The van der Waals surface area contributed by atoms with Crippen LogP contribution in [0.15, 0.2) is 12.1 Å². The quantitative estimate of drug-likeness (QED) is 0.910. The molecule has 1 aliphatic heterocycles. The summed E-state index contributed by atoms with van der Waals surface area (Å²) >= 11 is 0. The van der Waals surface area contributed by atoms with Crippen molar-refractivity contribution in [2.75, 3.05) is 32.5 Å². The molecule has 5 nitrogen and oxygen atoms in total. The number of carbonyl (C=O) groups is 1. The first kappa shape index (κ1) is 15.8. The standard InChI is InChI=1S/C16H26N4O/c1-11-8-13(3)17-15(9-11)18-16(21)20(5)14-6-7-19(4)10-12(14)2/h8-9,12,14H,6-7,10H2,1-5H3,(H,17,18,21)/t12-,14-/m0/s1. The Hall–Kier alpha value is -1.62. The Bertz CT molecular complexity index is 497. The Kier molecular flexibility index (Phi) is 4.83. The van der Waals surface area contributed by atoms with Crippen LogP contribution in [-0.4, -0.2) is 54.0 Å². The first-order valence-corrected chi connectivity index (χ1v) is 7.54. The van der Waals surface area contributed by atoms with Crippen molar-refractivity contribution in [2.45, 2.75) is 33.2 Å². The van der Waals surface area contributed by atoms with E-state index in [1.807, 2.05) is 37.9 Å². The summed E-state index contributed by atoms with van der Waals surface area (Å²) in [5, 5.41) is 2.91. The van der Waals surface area contributed by atoms with Crippen molar-refractivity contribution >= 4 is 11.8 Å². The van der Waals surface area contributed by atoms with Gasteiger partial charge in [0.15, 0.2) is 0 Å². The molecule has 0 bridgehead atoms. The number of likely N-dealkylation sites (tertiary alicyclic amines) is 1. The fraction of sp³-hybridized carbons (Fsp3) is 0.625. The van der Waals surface area contributed by atoms with Crippen molar-refractivity contribution in [1.29, 1.82) is 0 Å². The van der Waals surface area contributed by atoms with Crippen molar-refractivity contribution in [2.24, 2.45) is 5.92 Å². The maximum atomic E-state index is 12.4. The van der Waals surface area contributed by atoms with Gasteiger partial charge in [-0.15, -0.1) is 0 Å². The molecule has 1 saturated heterocycles. The number of urea groups is 1. The third-order valence-electron chi connectivity index (χ3n) is 4.21. The van der Waals surface area contributed by atoms with Crippen LogP contribution in [-0.2, 0) is 0 Å². The van der Waals surface area contributed by atoms with E-state index in [4.69, 9.17) is 0 Å². The number of hydrogen-bond acceptors (Lipinski definition) is 3. The number of piperidine rings is 1. The topological polar surface area (TPSA) is 48.5 Å². The van der Waals surface area contributed by atoms with Crippen LogP contribution in [0.1, 0.15) is 24.6 Å². The molecule has 1 aliphatic rings. The van der Waals surface area contributed by atoms with E-state index in [0.29, 0.717) is 11.7 Å². The molecule has 2 atom stereocenters. The van der Waals surface area contributed by atoms with Gasteiger partial charge < -0.3 is 9.80 Å². The summed E-state index contributed by atoms with van der Waals surface area (Å²) in [6.45, 7) is 8.22. The van der Waals surface area contributed by atoms with Gasteiger partial charge in [-0.2, -0.15) is 0 Å². The second kappa shape index (κ2) is 6.43. The zero-order valence-corrected chi connectivity index (χ0v) is 13.7. The highest BCUT2D eigenvalue weighted by atomic mass is 16.2. The second-order valence-electron chi connectivity index (χ2n) is 6.31. The molecule has 0 saturated carbocycles. The Morgan fingerprint density at radius 1 is 1.43 bits per heavy atom. The monoisotopic (exact) mass is 290 g/mol. The molecule has 1 fully saturated rings. The molecule has 2 rings (SSSR count). The molecule has 0 aliphatic carbocycles. The highest BCUT2D eigenvalue weighted by Crippen LogP contribution is 2.21. The highest BCUT2D eigenvalue weighted by molar-refractivity contribution is 5.88. The number of rotatable bonds is 2. The minimum atomic E-state index is -0.0751. The Morgan fingerprint density at radius 3 is 2.76 bits per heavy atom. The lowest BCUT2D eigenvalue weighted by Gasteiger charge is -2.39. The summed E-state index contributed by atoms with van der Waals surface area (Å²) in [5.74, 6) is 1.11. The summed E-state index contributed by atoms with van der Waals surface area (Å²) in [6.07, 6.45) is 1.02. The summed E-state index contributed by atoms with van der Waals surface area (Å²) in [4.78, 5) is 20.9. The third kappa shape index (κ3) is 3.94. The number of aryl methyl sites for hydroxylation is 2. The fourth-order valence-corrected chi connectivity index (χ4v) is 3.17. The first-order chi connectivity index (χ1) is 9.86. The highest BCUT2D eigenvalue weighted by Gasteiger charge is 2.30. The maximum absolute atomic E-state index is 12.4. The van der Waals surface area contributed by atoms with Gasteiger partial charge in [0.2, 0.25) is 0 Å². The zero-order chi connectivity index (χ0) is 15.6. The van der Waals surface area contributed by atoms with Crippen LogP contribution in [0.5, 0.6) is 0 Å². The van der Waals surface area contributed by atoms with E-state index in [1.165, 1.54) is 0 Å². The fourth-order valence-electron chi connectivity index (χ4n) is 3.17. The summed E-state index contributed by atoms with van der Waals surface area (Å²) in [7, 11) is 4.01. The van der Waals surface area contributed by atoms with Crippen molar-refractivity contribution in [3.63, 3.8) is 0 Å². The van der Waals surface area contributed by atoms with Gasteiger partial charge >= 0.3 is 6.03 Å². The molecule has 0 radical (unpaired) electrons. The van der Waals surface area contributed by atoms with Gasteiger partial charge in [0.05, 0.1) is 0 Å². The Labute approximate surface area is 127 Å². The lowest BCUT2D eigenvalue weighted by molar-refractivity contribution is 0.113. The van der Waals surface area contributed by atoms with E-state index in [9.17, 15) is 4.79 Å². The number of carbonyl (C=O) groups excluding carboxylic acids is 1. The lowest BCUT2D eigenvalue weighted by Crippen LogP contribution is -2.50. The molecular formula is C16H26N4O. The van der Waals surface area contributed by atoms with Crippen LogP contribution in [0.25, 0.3) is 0 Å². The van der Waals surface area contributed by atoms with Crippen molar-refractivity contribution in [3.8, 4) is 0 Å². The van der Waals surface area contributed by atoms with E-state index in [0.717, 1.165) is 30.8 Å². The number of hydrogen-bond donors (Lipinski definition) is 1. The van der Waals surface area contributed by atoms with E-state index in [-0.39, 0.29) is 12.1 Å². The molecule has 21 heavy (non-hydrogen) atoms. The number of nitrogens with one attached hydrogen (secondary N) is 1. The predicted molar refractivity (Wildman–Crippen MR) is 85.6 cm³/mol. The minimum Gasteiger partial charge on any atom is -0.324 e. The molecule has 1 aromatic heterocycles. The number of nitrogens with zero attached hydrogens (tertiary/aromatic N) is 3. The average Bonchev–Trinajstić information content (AvgIpc) is 2.36. The predicted octanol–water partition coefficient (Wildman–Crippen LogP) is 2.50. The van der Waals surface area contributed by atoms with Crippen LogP contribution >= 0.6 is 0 Å². The Morgan fingerprint density at radius 2 is 2.14 bits per heavy atom. The number of anilines is 1. The molecule has 116 valence electrons. The van der Waals surface area contributed by atoms with Gasteiger partial charge in [0, 0.05) is 25.3 Å². The zero-order valence-electron chi connectivity index (χ0n) is 13.7. The molecule has 0 unspecified atom stereocenters. The van der Waals surface area contributed by atoms with Crippen LogP contribution in [0, 0.1) is 19.8 Å². The van der Waals surface area contributed by atoms with Gasteiger partial charge in [-0.3, -0.25) is 5.32 Å². The minimum absolute atomic E-state index is 0.0751. The maximum Gasteiger partial charge on any atom is 0.323 e. The van der Waals surface area contributed by atoms with Gasteiger partial charge in [0.25, 0.3) is 0 Å². The SMILES string of the molecule is Cc1cc(C)nc(NC(=O)N(C)[C@H]2CCN(C)C[C@@H]2C)c1. The van der Waals surface area contributed by atoms with Crippen LogP contribution in [0.4, 0.5) is 10.6 Å². The molecule has 2 amide bonds. The molecule has 2 heterocycles. The van der Waals surface area contributed by atoms with Crippen LogP contribution < -0.4 is 5.32 Å². The van der Waals surface area contributed by atoms with E-state index in [2.05, 4.69) is 29.2 Å². The second-order valence-corrected chi connectivity index (χ2v) is 6.31. The molecule has 0 spiro atoms. The van der Waals surface area contributed by atoms with Crippen molar-refractivity contribution in [1.82, 2.24) is 14.8 Å². The summed E-state index contributed by atoms with van der Waals surface area (Å²) < 4.78 is 0. The summed E-state index contributed by atoms with van der Waals surface area (Å²) in [6, 6.07) is 4.11. The molecule has 1 aromatic rings. The number of aromatic nitrogens is 1. The van der Waals surface area contributed by atoms with E-state index < -0.39 is 0 Å². The smallest absolute Gasteiger partial charge is 0.323 e. The van der Waals surface area contributed by atoms with Gasteiger partial charge in [0.1, 0.15) is 5.82 Å². The largest absolute Gasteiger partial charge is 0.324 e. The number of amides is 2. The first-order valence-electron chi connectivity index (χ1n) is 7.54. The van der Waals surface area contributed by atoms with E-state index >= 15 is 0 Å². The van der Waals surface area contributed by atoms with Crippen molar-refractivity contribution < 1.29 is 4.79 Å².